The second-order valence-electron chi connectivity index (χ2n) is 6.30. The molecule has 0 radical (unpaired) electrons. The van der Waals surface area contributed by atoms with Gasteiger partial charge in [0.1, 0.15) is 5.75 Å². The van der Waals surface area contributed by atoms with Crippen LogP contribution in [0.5, 0.6) is 5.75 Å². The zero-order chi connectivity index (χ0) is 16.7. The third-order valence-electron chi connectivity index (χ3n) is 3.83. The van der Waals surface area contributed by atoms with Gasteiger partial charge >= 0.3 is 6.03 Å². The number of aryl methyl sites for hydroxylation is 1. The van der Waals surface area contributed by atoms with Crippen LogP contribution in [0.3, 0.4) is 0 Å². The molecule has 1 saturated heterocycles. The van der Waals surface area contributed by atoms with E-state index in [1.165, 1.54) is 5.56 Å². The van der Waals surface area contributed by atoms with E-state index in [0.717, 1.165) is 43.2 Å². The summed E-state index contributed by atoms with van der Waals surface area (Å²) in [6, 6.07) is 8.51. The van der Waals surface area contributed by atoms with Crippen molar-refractivity contribution in [2.24, 2.45) is 0 Å². The highest BCUT2D eigenvalue weighted by Gasteiger charge is 2.17. The monoisotopic (exact) mass is 336 g/mol. The van der Waals surface area contributed by atoms with Crippen molar-refractivity contribution in [2.75, 3.05) is 24.6 Å². The number of nitrogens with zero attached hydrogens (tertiary/aromatic N) is 1. The molecule has 0 aliphatic carbocycles. The molecule has 1 N–H and O–H groups in total. The lowest BCUT2D eigenvalue weighted by atomic mass is 10.1. The maximum atomic E-state index is 12.2. The SMILES string of the molecule is CC(CCc1ccc(OC(C)C)cc1)NC(=O)N1CCSCC1. The summed E-state index contributed by atoms with van der Waals surface area (Å²) in [4.78, 5) is 14.1. The number of amides is 2. The molecule has 128 valence electrons. The minimum Gasteiger partial charge on any atom is -0.491 e. The molecule has 1 fully saturated rings. The number of nitrogens with one attached hydrogen (secondary N) is 1. The average Bonchev–Trinajstić information content (AvgIpc) is 2.54. The summed E-state index contributed by atoms with van der Waals surface area (Å²) >= 11 is 1.92. The lowest BCUT2D eigenvalue weighted by molar-refractivity contribution is 0.199. The van der Waals surface area contributed by atoms with E-state index in [1.54, 1.807) is 0 Å². The van der Waals surface area contributed by atoms with Crippen LogP contribution in [0, 0.1) is 0 Å². The van der Waals surface area contributed by atoms with E-state index in [1.807, 2.05) is 42.6 Å². The summed E-state index contributed by atoms with van der Waals surface area (Å²) in [7, 11) is 0. The van der Waals surface area contributed by atoms with Crippen molar-refractivity contribution in [1.82, 2.24) is 10.2 Å². The first-order valence-electron chi connectivity index (χ1n) is 8.43. The number of carbonyl (C=O) groups is 1. The standard InChI is InChI=1S/C18H28N2O2S/c1-14(2)22-17-8-6-16(7-9-17)5-4-15(3)19-18(21)20-10-12-23-13-11-20/h6-9,14-15H,4-5,10-13H2,1-3H3,(H,19,21). The van der Waals surface area contributed by atoms with Crippen molar-refractivity contribution in [3.8, 4) is 5.75 Å². The summed E-state index contributed by atoms with van der Waals surface area (Å²) in [5.41, 5.74) is 1.27. The number of benzene rings is 1. The molecule has 0 aromatic heterocycles. The molecule has 1 aliphatic rings. The molecule has 1 aliphatic heterocycles. The second-order valence-corrected chi connectivity index (χ2v) is 7.52. The van der Waals surface area contributed by atoms with Crippen molar-refractivity contribution in [2.45, 2.75) is 45.8 Å². The molecule has 1 aromatic rings. The van der Waals surface area contributed by atoms with E-state index < -0.39 is 0 Å². The Kier molecular flexibility index (Phi) is 7.09. The van der Waals surface area contributed by atoms with E-state index in [0.29, 0.717) is 0 Å². The molecule has 0 bridgehead atoms. The van der Waals surface area contributed by atoms with Gasteiger partial charge in [0.05, 0.1) is 6.10 Å². The third-order valence-corrected chi connectivity index (χ3v) is 4.77. The van der Waals surface area contributed by atoms with E-state index in [9.17, 15) is 4.79 Å². The van der Waals surface area contributed by atoms with Crippen LogP contribution < -0.4 is 10.1 Å². The Morgan fingerprint density at radius 3 is 2.48 bits per heavy atom. The van der Waals surface area contributed by atoms with Crippen molar-refractivity contribution in [1.29, 1.82) is 0 Å². The summed E-state index contributed by atoms with van der Waals surface area (Å²) in [5.74, 6) is 3.01. The zero-order valence-electron chi connectivity index (χ0n) is 14.4. The predicted molar refractivity (Wildman–Crippen MR) is 97.4 cm³/mol. The normalized spacial score (nSPS) is 16.3. The highest BCUT2D eigenvalue weighted by atomic mass is 32.2. The molecular weight excluding hydrogens is 308 g/mol. The van der Waals surface area contributed by atoms with Gasteiger partial charge in [0, 0.05) is 30.6 Å². The number of rotatable bonds is 6. The van der Waals surface area contributed by atoms with Gasteiger partial charge in [-0.2, -0.15) is 11.8 Å². The van der Waals surface area contributed by atoms with Gasteiger partial charge < -0.3 is 15.0 Å². The zero-order valence-corrected chi connectivity index (χ0v) is 15.2. The highest BCUT2D eigenvalue weighted by Crippen LogP contribution is 2.15. The Labute approximate surface area is 144 Å². The van der Waals surface area contributed by atoms with Crippen molar-refractivity contribution >= 4 is 17.8 Å². The highest BCUT2D eigenvalue weighted by molar-refractivity contribution is 7.99. The van der Waals surface area contributed by atoms with Gasteiger partial charge in [-0.15, -0.1) is 0 Å². The predicted octanol–water partition coefficient (Wildman–Crippen LogP) is 3.55. The Hall–Kier alpha value is -1.36. The Morgan fingerprint density at radius 1 is 1.22 bits per heavy atom. The van der Waals surface area contributed by atoms with Crippen LogP contribution in [0.25, 0.3) is 0 Å². The lowest BCUT2D eigenvalue weighted by Crippen LogP contribution is -2.47. The molecular formula is C18H28N2O2S. The van der Waals surface area contributed by atoms with Crippen molar-refractivity contribution in [3.05, 3.63) is 29.8 Å². The van der Waals surface area contributed by atoms with Crippen LogP contribution in [0.4, 0.5) is 4.79 Å². The number of hydrogen-bond donors (Lipinski definition) is 1. The first-order valence-corrected chi connectivity index (χ1v) is 9.59. The van der Waals surface area contributed by atoms with Gasteiger partial charge in [-0.3, -0.25) is 0 Å². The van der Waals surface area contributed by atoms with Crippen LogP contribution in [-0.2, 0) is 6.42 Å². The molecule has 2 rings (SSSR count). The minimum atomic E-state index is 0.0819. The van der Waals surface area contributed by atoms with Gasteiger partial charge in [-0.05, 0) is 51.3 Å². The minimum absolute atomic E-state index is 0.0819. The molecule has 0 spiro atoms. The summed E-state index contributed by atoms with van der Waals surface area (Å²) in [6.45, 7) is 7.85. The fraction of sp³-hybridized carbons (Fsp3) is 0.611. The molecule has 5 heteroatoms. The largest absolute Gasteiger partial charge is 0.491 e. The van der Waals surface area contributed by atoms with Gasteiger partial charge in [-0.25, -0.2) is 4.79 Å². The fourth-order valence-electron chi connectivity index (χ4n) is 2.53. The number of urea groups is 1. The molecule has 1 unspecified atom stereocenters. The maximum absolute atomic E-state index is 12.2. The molecule has 1 heterocycles. The van der Waals surface area contributed by atoms with Crippen LogP contribution in [0.1, 0.15) is 32.8 Å². The summed E-state index contributed by atoms with van der Waals surface area (Å²) in [6.07, 6.45) is 2.10. The second kappa shape index (κ2) is 9.06. The first kappa shape index (κ1) is 18.0. The maximum Gasteiger partial charge on any atom is 0.317 e. The Morgan fingerprint density at radius 2 is 1.87 bits per heavy atom. The smallest absolute Gasteiger partial charge is 0.317 e. The number of thioether (sulfide) groups is 1. The van der Waals surface area contributed by atoms with E-state index in [2.05, 4.69) is 24.4 Å². The summed E-state index contributed by atoms with van der Waals surface area (Å²) in [5, 5.41) is 3.11. The quantitative estimate of drug-likeness (QED) is 0.864. The van der Waals surface area contributed by atoms with Crippen LogP contribution in [-0.4, -0.2) is 47.7 Å². The van der Waals surface area contributed by atoms with E-state index in [-0.39, 0.29) is 18.2 Å². The van der Waals surface area contributed by atoms with Crippen molar-refractivity contribution in [3.63, 3.8) is 0 Å². The molecule has 4 nitrogen and oxygen atoms in total. The Bertz CT molecular complexity index is 484. The first-order chi connectivity index (χ1) is 11.0. The van der Waals surface area contributed by atoms with Crippen molar-refractivity contribution < 1.29 is 9.53 Å². The molecule has 0 saturated carbocycles. The van der Waals surface area contributed by atoms with Gasteiger partial charge in [0.2, 0.25) is 0 Å². The van der Waals surface area contributed by atoms with E-state index in [4.69, 9.17) is 4.74 Å². The Balaban J connectivity index is 1.73. The number of hydrogen-bond acceptors (Lipinski definition) is 3. The third kappa shape index (κ3) is 6.34. The van der Waals surface area contributed by atoms with Crippen LogP contribution >= 0.6 is 11.8 Å². The molecule has 1 aromatic carbocycles. The topological polar surface area (TPSA) is 41.6 Å². The average molecular weight is 337 g/mol. The fourth-order valence-corrected chi connectivity index (χ4v) is 3.43. The van der Waals surface area contributed by atoms with Gasteiger partial charge in [0.25, 0.3) is 0 Å². The lowest BCUT2D eigenvalue weighted by Gasteiger charge is -2.28. The number of ether oxygens (including phenoxy) is 1. The van der Waals surface area contributed by atoms with E-state index >= 15 is 0 Å². The van der Waals surface area contributed by atoms with Gasteiger partial charge in [0.15, 0.2) is 0 Å². The number of carbonyl (C=O) groups excluding carboxylic acids is 1. The van der Waals surface area contributed by atoms with Crippen LogP contribution in [0.2, 0.25) is 0 Å². The molecule has 2 amide bonds. The summed E-state index contributed by atoms with van der Waals surface area (Å²) < 4.78 is 5.65. The van der Waals surface area contributed by atoms with Crippen LogP contribution in [0.15, 0.2) is 24.3 Å². The molecule has 23 heavy (non-hydrogen) atoms. The van der Waals surface area contributed by atoms with Gasteiger partial charge in [-0.1, -0.05) is 12.1 Å². The molecule has 1 atom stereocenters.